The Balaban J connectivity index is 4.31. The molecule has 0 aromatic heterocycles. The molecule has 1 N–H and O–H groups in total. The number of methoxy groups -OCH3 is 1. The van der Waals surface area contributed by atoms with Gasteiger partial charge in [0.2, 0.25) is 0 Å². The van der Waals surface area contributed by atoms with Crippen molar-refractivity contribution >= 4 is 0 Å². The van der Waals surface area contributed by atoms with Crippen LogP contribution in [0.25, 0.3) is 0 Å². The highest BCUT2D eigenvalue weighted by Crippen LogP contribution is 2.24. The molecule has 3 heteroatoms. The molecule has 0 aromatic carbocycles. The first-order chi connectivity index (χ1) is 11.0. The van der Waals surface area contributed by atoms with Gasteiger partial charge >= 0.3 is 0 Å². The number of hydrogen-bond donors (Lipinski definition) is 1. The Labute approximate surface area is 144 Å². The summed E-state index contributed by atoms with van der Waals surface area (Å²) in [6, 6.07) is 0. The minimum Gasteiger partial charge on any atom is -0.391 e. The lowest BCUT2D eigenvalue weighted by molar-refractivity contribution is -0.125. The average molecular weight is 327 g/mol. The number of unbranched alkanes of at least 4 members (excludes halogenated alkanes) is 5. The number of hydrogen-bond acceptors (Lipinski definition) is 3. The van der Waals surface area contributed by atoms with Crippen LogP contribution in [0, 0.1) is 29.6 Å². The van der Waals surface area contributed by atoms with E-state index in [0.717, 1.165) is 12.8 Å². The first-order valence-electron chi connectivity index (χ1n) is 9.22. The van der Waals surface area contributed by atoms with Crippen LogP contribution < -0.4 is 0 Å². The molecule has 0 aliphatic heterocycles. The van der Waals surface area contributed by atoms with Gasteiger partial charge in [-0.25, -0.2) is 0 Å². The largest absolute Gasteiger partial charge is 0.391 e. The van der Waals surface area contributed by atoms with Gasteiger partial charge in [0, 0.05) is 25.4 Å². The van der Waals surface area contributed by atoms with Crippen molar-refractivity contribution in [2.24, 2.45) is 17.8 Å². The van der Waals surface area contributed by atoms with Crippen molar-refractivity contribution in [2.45, 2.75) is 85.4 Å². The summed E-state index contributed by atoms with van der Waals surface area (Å²) in [5, 5.41) is 10.6. The molecule has 0 amide bonds. The van der Waals surface area contributed by atoms with Gasteiger partial charge in [0.15, 0.2) is 0 Å². The van der Waals surface area contributed by atoms with Gasteiger partial charge in [-0.1, -0.05) is 59.3 Å². The molecule has 23 heavy (non-hydrogen) atoms. The summed E-state index contributed by atoms with van der Waals surface area (Å²) in [4.78, 5) is 0. The van der Waals surface area contributed by atoms with E-state index < -0.39 is 6.10 Å². The minimum absolute atomic E-state index is 0.0248. The Morgan fingerprint density at radius 3 is 2.22 bits per heavy atom. The first kappa shape index (κ1) is 22.4. The van der Waals surface area contributed by atoms with Crippen molar-refractivity contribution < 1.29 is 14.6 Å². The molecule has 0 heterocycles. The molecule has 4 atom stereocenters. The van der Waals surface area contributed by atoms with Crippen molar-refractivity contribution in [3.05, 3.63) is 0 Å². The predicted octanol–water partition coefficient (Wildman–Crippen LogP) is 4.63. The topological polar surface area (TPSA) is 38.7 Å². The lowest BCUT2D eigenvalue weighted by Gasteiger charge is -2.32. The molecule has 0 radical (unpaired) electrons. The van der Waals surface area contributed by atoms with Crippen molar-refractivity contribution in [1.29, 1.82) is 0 Å². The Hall–Kier alpha value is -0.560. The molecule has 0 saturated carbocycles. The first-order valence-corrected chi connectivity index (χ1v) is 9.22. The van der Waals surface area contributed by atoms with E-state index in [1.807, 2.05) is 13.8 Å². The summed E-state index contributed by atoms with van der Waals surface area (Å²) in [6.07, 6.45) is 6.75. The molecule has 136 valence electrons. The van der Waals surface area contributed by atoms with Gasteiger partial charge in [0.05, 0.1) is 12.2 Å². The van der Waals surface area contributed by atoms with E-state index in [1.54, 1.807) is 7.11 Å². The van der Waals surface area contributed by atoms with Crippen LogP contribution >= 0.6 is 0 Å². The van der Waals surface area contributed by atoms with E-state index in [0.29, 0.717) is 5.92 Å². The van der Waals surface area contributed by atoms with Crippen LogP contribution in [-0.2, 0) is 9.47 Å². The molecule has 0 aliphatic rings. The molecule has 0 aromatic rings. The van der Waals surface area contributed by atoms with Gasteiger partial charge in [-0.15, -0.1) is 5.92 Å². The van der Waals surface area contributed by atoms with Gasteiger partial charge in [-0.2, -0.15) is 0 Å². The average Bonchev–Trinajstić information content (AvgIpc) is 2.52. The Bertz CT molecular complexity index is 330. The molecule has 3 unspecified atom stereocenters. The van der Waals surface area contributed by atoms with Crippen LogP contribution in [0.4, 0.5) is 0 Å². The summed E-state index contributed by atoms with van der Waals surface area (Å²) in [6.45, 7) is 10.7. The molecular weight excluding hydrogens is 288 g/mol. The van der Waals surface area contributed by atoms with E-state index in [2.05, 4.69) is 32.6 Å². The lowest BCUT2D eigenvalue weighted by atomic mass is 9.85. The van der Waals surface area contributed by atoms with Gasteiger partial charge in [-0.05, 0) is 19.3 Å². The quantitative estimate of drug-likeness (QED) is 0.323. The molecule has 0 fully saturated rings. The molecule has 0 aliphatic carbocycles. The number of ether oxygens (including phenoxy) is 2. The highest BCUT2D eigenvalue weighted by Gasteiger charge is 2.30. The lowest BCUT2D eigenvalue weighted by Crippen LogP contribution is -2.38. The van der Waals surface area contributed by atoms with Gasteiger partial charge in [-0.3, -0.25) is 0 Å². The Kier molecular flexibility index (Phi) is 13.5. The SMILES string of the molecule is CCCCCCCC#CC(C)C(O)C(C)[C@@H](OCOC)C(C)C. The fraction of sp³-hybridized carbons (Fsp3) is 0.900. The van der Waals surface area contributed by atoms with Crippen molar-refractivity contribution in [1.82, 2.24) is 0 Å². The minimum atomic E-state index is -0.480. The summed E-state index contributed by atoms with van der Waals surface area (Å²) >= 11 is 0. The van der Waals surface area contributed by atoms with E-state index >= 15 is 0 Å². The zero-order valence-corrected chi connectivity index (χ0v) is 16.1. The third-order valence-corrected chi connectivity index (χ3v) is 4.34. The van der Waals surface area contributed by atoms with Crippen LogP contribution in [0.15, 0.2) is 0 Å². The van der Waals surface area contributed by atoms with E-state index in [9.17, 15) is 5.11 Å². The number of aliphatic hydroxyl groups excluding tert-OH is 1. The zero-order valence-electron chi connectivity index (χ0n) is 16.1. The van der Waals surface area contributed by atoms with Crippen LogP contribution in [0.5, 0.6) is 0 Å². The molecule has 0 saturated heterocycles. The van der Waals surface area contributed by atoms with Gasteiger partial charge in [0.25, 0.3) is 0 Å². The summed E-state index contributed by atoms with van der Waals surface area (Å²) in [5.41, 5.74) is 0. The smallest absolute Gasteiger partial charge is 0.146 e. The van der Waals surface area contributed by atoms with Gasteiger partial charge in [0.1, 0.15) is 6.79 Å². The van der Waals surface area contributed by atoms with E-state index in [4.69, 9.17) is 9.47 Å². The van der Waals surface area contributed by atoms with E-state index in [-0.39, 0.29) is 24.7 Å². The maximum absolute atomic E-state index is 10.6. The molecule has 0 rings (SSSR count). The Morgan fingerprint density at radius 1 is 1.00 bits per heavy atom. The second kappa shape index (κ2) is 13.8. The second-order valence-electron chi connectivity index (χ2n) is 6.91. The van der Waals surface area contributed by atoms with Crippen LogP contribution in [0.3, 0.4) is 0 Å². The predicted molar refractivity (Wildman–Crippen MR) is 97.1 cm³/mol. The van der Waals surface area contributed by atoms with Crippen molar-refractivity contribution in [3.8, 4) is 11.8 Å². The van der Waals surface area contributed by atoms with E-state index in [1.165, 1.54) is 25.7 Å². The molecule has 3 nitrogen and oxygen atoms in total. The maximum Gasteiger partial charge on any atom is 0.146 e. The molecular formula is C20H38O3. The number of rotatable bonds is 12. The monoisotopic (exact) mass is 326 g/mol. The van der Waals surface area contributed by atoms with Crippen LogP contribution in [0.2, 0.25) is 0 Å². The van der Waals surface area contributed by atoms with Crippen LogP contribution in [0.1, 0.15) is 73.1 Å². The normalized spacial score (nSPS) is 16.5. The molecule has 0 spiro atoms. The van der Waals surface area contributed by atoms with Gasteiger partial charge < -0.3 is 14.6 Å². The maximum atomic E-state index is 10.6. The third kappa shape index (κ3) is 10.0. The fourth-order valence-corrected chi connectivity index (χ4v) is 2.88. The van der Waals surface area contributed by atoms with Crippen molar-refractivity contribution in [2.75, 3.05) is 13.9 Å². The fourth-order valence-electron chi connectivity index (χ4n) is 2.88. The second-order valence-corrected chi connectivity index (χ2v) is 6.91. The summed E-state index contributed by atoms with van der Waals surface area (Å²) in [7, 11) is 1.62. The Morgan fingerprint density at radius 2 is 1.65 bits per heavy atom. The highest BCUT2D eigenvalue weighted by molar-refractivity contribution is 5.05. The van der Waals surface area contributed by atoms with Crippen LogP contribution in [-0.4, -0.2) is 31.2 Å². The standard InChI is InChI=1S/C20H38O3/c1-7-8-9-10-11-12-13-14-17(4)19(21)18(5)20(16(2)3)23-15-22-6/h16-21H,7-12,15H2,1-6H3/t17?,18?,19?,20-/m0/s1. The zero-order chi connectivity index (χ0) is 17.7. The third-order valence-electron chi connectivity index (χ3n) is 4.34. The summed E-state index contributed by atoms with van der Waals surface area (Å²) in [5.74, 6) is 6.77. The molecule has 0 bridgehead atoms. The number of aliphatic hydroxyl groups is 1. The van der Waals surface area contributed by atoms with Crippen molar-refractivity contribution in [3.63, 3.8) is 0 Å². The highest BCUT2D eigenvalue weighted by atomic mass is 16.7. The summed E-state index contributed by atoms with van der Waals surface area (Å²) < 4.78 is 10.7.